The van der Waals surface area contributed by atoms with Crippen LogP contribution in [0.1, 0.15) is 12.5 Å². The van der Waals surface area contributed by atoms with Gasteiger partial charge in [0.25, 0.3) is 5.69 Å². The molecule has 84 valence electrons. The molecule has 0 unspecified atom stereocenters. The van der Waals surface area contributed by atoms with Gasteiger partial charge in [-0.1, -0.05) is 6.07 Å². The average molecular weight is 238 g/mol. The molecule has 0 fully saturated rings. The first-order valence-corrected chi connectivity index (χ1v) is 5.87. The Hall–Kier alpha value is -1.56. The largest absolute Gasteiger partial charge is 0.324 e. The van der Waals surface area contributed by atoms with E-state index in [1.54, 1.807) is 25.3 Å². The lowest BCUT2D eigenvalue weighted by Gasteiger charge is -2.18. The fourth-order valence-corrected chi connectivity index (χ4v) is 2.50. The Morgan fingerprint density at radius 3 is 2.75 bits per heavy atom. The van der Waals surface area contributed by atoms with Crippen molar-refractivity contribution in [2.24, 2.45) is 0 Å². The highest BCUT2D eigenvalue weighted by molar-refractivity contribution is 8.00. The number of nitro benzene ring substituents is 1. The zero-order valence-electron chi connectivity index (χ0n) is 8.81. The van der Waals surface area contributed by atoms with Gasteiger partial charge in [0.2, 0.25) is 5.91 Å². The molecule has 0 saturated carbocycles. The number of thioether (sulfide) groups is 1. The predicted octanol–water partition coefficient (Wildman–Crippen LogP) is 2.13. The summed E-state index contributed by atoms with van der Waals surface area (Å²) in [6, 6.07) is 4.68. The predicted molar refractivity (Wildman–Crippen MR) is 62.6 cm³/mol. The van der Waals surface area contributed by atoms with Crippen LogP contribution in [0.25, 0.3) is 0 Å². The van der Waals surface area contributed by atoms with Gasteiger partial charge < -0.3 is 5.32 Å². The van der Waals surface area contributed by atoms with Crippen LogP contribution >= 0.6 is 11.8 Å². The lowest BCUT2D eigenvalue weighted by atomic mass is 10.00. The molecule has 1 aliphatic heterocycles. The first-order chi connectivity index (χ1) is 7.50. The molecule has 1 amide bonds. The second kappa shape index (κ2) is 3.48. The highest BCUT2D eigenvalue weighted by Gasteiger charge is 2.46. The molecular weight excluding hydrogens is 228 g/mol. The van der Waals surface area contributed by atoms with Crippen molar-refractivity contribution in [3.8, 4) is 0 Å². The van der Waals surface area contributed by atoms with E-state index >= 15 is 0 Å². The van der Waals surface area contributed by atoms with Crippen molar-refractivity contribution in [1.82, 2.24) is 0 Å². The van der Waals surface area contributed by atoms with Crippen LogP contribution in [0.3, 0.4) is 0 Å². The Labute approximate surface area is 96.4 Å². The van der Waals surface area contributed by atoms with Crippen LogP contribution in [-0.2, 0) is 9.54 Å². The van der Waals surface area contributed by atoms with Crippen LogP contribution < -0.4 is 5.32 Å². The molecule has 16 heavy (non-hydrogen) atoms. The minimum atomic E-state index is -0.876. The minimum absolute atomic E-state index is 0.00676. The van der Waals surface area contributed by atoms with Crippen molar-refractivity contribution in [2.45, 2.75) is 11.7 Å². The standard InChI is InChI=1S/C10H10N2O3S/c1-10(16-2)8-6(11-9(10)13)4-3-5-7(8)12(14)15/h3-5H,1-2H3,(H,11,13)/t10-/m1/s1. The van der Waals surface area contributed by atoms with Gasteiger partial charge in [0.1, 0.15) is 4.75 Å². The molecule has 6 heteroatoms. The molecular formula is C10H10N2O3S. The molecule has 1 atom stereocenters. The minimum Gasteiger partial charge on any atom is -0.324 e. The van der Waals surface area contributed by atoms with Gasteiger partial charge in [0.05, 0.1) is 16.2 Å². The monoisotopic (exact) mass is 238 g/mol. The molecule has 1 heterocycles. The van der Waals surface area contributed by atoms with Crippen LogP contribution in [0, 0.1) is 10.1 Å². The number of nitro groups is 1. The van der Waals surface area contributed by atoms with Crippen molar-refractivity contribution in [2.75, 3.05) is 11.6 Å². The second-order valence-corrected chi connectivity index (χ2v) is 4.87. The molecule has 2 rings (SSSR count). The zero-order chi connectivity index (χ0) is 11.9. The second-order valence-electron chi connectivity index (χ2n) is 3.65. The number of hydrogen-bond acceptors (Lipinski definition) is 4. The fourth-order valence-electron chi connectivity index (χ4n) is 1.85. The highest BCUT2D eigenvalue weighted by Crippen LogP contribution is 2.48. The number of rotatable bonds is 2. The van der Waals surface area contributed by atoms with Crippen LogP contribution in [0.2, 0.25) is 0 Å². The molecule has 0 bridgehead atoms. The number of hydrogen-bond donors (Lipinski definition) is 1. The first-order valence-electron chi connectivity index (χ1n) is 4.65. The summed E-state index contributed by atoms with van der Waals surface area (Å²) in [4.78, 5) is 22.3. The number of nitrogens with one attached hydrogen (secondary N) is 1. The number of nitrogens with zero attached hydrogens (tertiary/aromatic N) is 1. The molecule has 0 radical (unpaired) electrons. The summed E-state index contributed by atoms with van der Waals surface area (Å²) in [6.07, 6.45) is 1.77. The van der Waals surface area contributed by atoms with Gasteiger partial charge in [-0.05, 0) is 19.2 Å². The van der Waals surface area contributed by atoms with E-state index in [-0.39, 0.29) is 11.6 Å². The SMILES string of the molecule is CS[C@@]1(C)C(=O)Nc2cccc([N+](=O)[O-])c21. The van der Waals surface area contributed by atoms with E-state index in [0.29, 0.717) is 11.3 Å². The molecule has 1 aromatic carbocycles. The molecule has 5 nitrogen and oxygen atoms in total. The Kier molecular flexibility index (Phi) is 2.38. The van der Waals surface area contributed by atoms with E-state index in [2.05, 4.69) is 5.32 Å². The molecule has 0 spiro atoms. The van der Waals surface area contributed by atoms with E-state index in [0.717, 1.165) is 0 Å². The lowest BCUT2D eigenvalue weighted by molar-refractivity contribution is -0.385. The first kappa shape index (κ1) is 10.9. The fraction of sp³-hybridized carbons (Fsp3) is 0.300. The van der Waals surface area contributed by atoms with Gasteiger partial charge in [-0.25, -0.2) is 0 Å². The highest BCUT2D eigenvalue weighted by atomic mass is 32.2. The summed E-state index contributed by atoms with van der Waals surface area (Å²) in [6.45, 7) is 1.70. The third-order valence-electron chi connectivity index (χ3n) is 2.81. The van der Waals surface area contributed by atoms with Gasteiger partial charge in [-0.3, -0.25) is 14.9 Å². The summed E-state index contributed by atoms with van der Waals surface area (Å²) >= 11 is 1.30. The summed E-state index contributed by atoms with van der Waals surface area (Å²) < 4.78 is -0.876. The number of carbonyl (C=O) groups excluding carboxylic acids is 1. The topological polar surface area (TPSA) is 72.2 Å². The zero-order valence-corrected chi connectivity index (χ0v) is 9.63. The summed E-state index contributed by atoms with van der Waals surface area (Å²) in [7, 11) is 0. The third-order valence-corrected chi connectivity index (χ3v) is 4.01. The normalized spacial score (nSPS) is 22.8. The molecule has 0 saturated heterocycles. The molecule has 1 aromatic rings. The maximum absolute atomic E-state index is 11.8. The van der Waals surface area contributed by atoms with Gasteiger partial charge in [-0.2, -0.15) is 0 Å². The van der Waals surface area contributed by atoms with Crippen molar-refractivity contribution >= 4 is 29.0 Å². The Bertz CT molecular complexity index is 489. The summed E-state index contributed by atoms with van der Waals surface area (Å²) in [5, 5.41) is 13.6. The average Bonchev–Trinajstić information content (AvgIpc) is 2.52. The van der Waals surface area contributed by atoms with Crippen LogP contribution in [-0.4, -0.2) is 17.1 Å². The Morgan fingerprint density at radius 2 is 2.19 bits per heavy atom. The van der Waals surface area contributed by atoms with Crippen molar-refractivity contribution in [3.05, 3.63) is 33.9 Å². The van der Waals surface area contributed by atoms with Crippen molar-refractivity contribution in [1.29, 1.82) is 0 Å². The summed E-state index contributed by atoms with van der Waals surface area (Å²) in [5.41, 5.74) is 1.00. The van der Waals surface area contributed by atoms with E-state index in [1.807, 2.05) is 0 Å². The van der Waals surface area contributed by atoms with Crippen molar-refractivity contribution < 1.29 is 9.72 Å². The number of anilines is 1. The van der Waals surface area contributed by atoms with Gasteiger partial charge in [-0.15, -0.1) is 11.8 Å². The summed E-state index contributed by atoms with van der Waals surface area (Å²) in [5.74, 6) is -0.204. The number of amides is 1. The maximum atomic E-state index is 11.8. The third kappa shape index (κ3) is 1.30. The molecule has 0 aliphatic carbocycles. The number of carbonyl (C=O) groups is 1. The van der Waals surface area contributed by atoms with E-state index in [4.69, 9.17) is 0 Å². The van der Waals surface area contributed by atoms with Crippen LogP contribution in [0.4, 0.5) is 11.4 Å². The van der Waals surface area contributed by atoms with E-state index in [1.165, 1.54) is 17.8 Å². The molecule has 1 N–H and O–H groups in total. The van der Waals surface area contributed by atoms with Gasteiger partial charge in [0, 0.05) is 6.07 Å². The van der Waals surface area contributed by atoms with Crippen molar-refractivity contribution in [3.63, 3.8) is 0 Å². The Morgan fingerprint density at radius 1 is 1.50 bits per heavy atom. The van der Waals surface area contributed by atoms with E-state index in [9.17, 15) is 14.9 Å². The van der Waals surface area contributed by atoms with E-state index < -0.39 is 9.67 Å². The molecule has 1 aliphatic rings. The van der Waals surface area contributed by atoms with Gasteiger partial charge in [0.15, 0.2) is 0 Å². The van der Waals surface area contributed by atoms with Crippen LogP contribution in [0.15, 0.2) is 18.2 Å². The lowest BCUT2D eigenvalue weighted by Crippen LogP contribution is -2.27. The van der Waals surface area contributed by atoms with Crippen LogP contribution in [0.5, 0.6) is 0 Å². The maximum Gasteiger partial charge on any atom is 0.276 e. The number of benzene rings is 1. The number of fused-ring (bicyclic) bond motifs is 1. The smallest absolute Gasteiger partial charge is 0.276 e. The Balaban J connectivity index is 2.71. The molecule has 0 aromatic heterocycles. The van der Waals surface area contributed by atoms with Gasteiger partial charge >= 0.3 is 0 Å². The quantitative estimate of drug-likeness (QED) is 0.632.